The number of aromatic nitrogens is 1. The van der Waals surface area contributed by atoms with E-state index in [1.54, 1.807) is 35.6 Å². The van der Waals surface area contributed by atoms with E-state index in [1.807, 2.05) is 22.2 Å². The Hall–Kier alpha value is -2.55. The van der Waals surface area contributed by atoms with Crippen molar-refractivity contribution in [2.24, 2.45) is 0 Å². The second-order valence-corrected chi connectivity index (χ2v) is 7.08. The van der Waals surface area contributed by atoms with Gasteiger partial charge in [0.2, 0.25) is 11.8 Å². The van der Waals surface area contributed by atoms with Crippen LogP contribution in [0.1, 0.15) is 5.69 Å². The summed E-state index contributed by atoms with van der Waals surface area (Å²) in [6.07, 6.45) is 0.195. The number of carbonyl (C=O) groups excluding carboxylic acids is 2. The van der Waals surface area contributed by atoms with Crippen molar-refractivity contribution in [2.45, 2.75) is 6.42 Å². The molecular weight excluding hydrogens is 370 g/mol. The molecule has 0 aliphatic rings. The summed E-state index contributed by atoms with van der Waals surface area (Å²) in [5.74, 6) is -0.410. The summed E-state index contributed by atoms with van der Waals surface area (Å²) in [4.78, 5) is 28.3. The van der Waals surface area contributed by atoms with Gasteiger partial charge >= 0.3 is 0 Å². The second kappa shape index (κ2) is 8.70. The molecule has 0 unspecified atom stereocenters. The first-order chi connectivity index (χ1) is 12.6. The molecule has 0 radical (unpaired) electrons. The SMILES string of the molecule is COCC(=O)Nc1cccc(NC(=O)Cc2csc(-c3ccsc3)n2)c1. The van der Waals surface area contributed by atoms with Gasteiger partial charge in [0.15, 0.2) is 0 Å². The summed E-state index contributed by atoms with van der Waals surface area (Å²) in [5.41, 5.74) is 3.01. The lowest BCUT2D eigenvalue weighted by Crippen LogP contribution is -2.18. The molecule has 0 saturated carbocycles. The van der Waals surface area contributed by atoms with Crippen LogP contribution in [0.2, 0.25) is 0 Å². The van der Waals surface area contributed by atoms with E-state index in [4.69, 9.17) is 4.74 Å². The second-order valence-electron chi connectivity index (χ2n) is 5.44. The van der Waals surface area contributed by atoms with Gasteiger partial charge in [-0.25, -0.2) is 4.98 Å². The van der Waals surface area contributed by atoms with E-state index in [1.165, 1.54) is 18.4 Å². The van der Waals surface area contributed by atoms with Crippen LogP contribution in [0.15, 0.2) is 46.5 Å². The van der Waals surface area contributed by atoms with Crippen molar-refractivity contribution >= 4 is 45.9 Å². The van der Waals surface area contributed by atoms with Gasteiger partial charge in [0, 0.05) is 34.8 Å². The van der Waals surface area contributed by atoms with Crippen LogP contribution in [-0.2, 0) is 20.7 Å². The van der Waals surface area contributed by atoms with Crippen LogP contribution >= 0.6 is 22.7 Å². The Morgan fingerprint density at radius 2 is 1.88 bits per heavy atom. The largest absolute Gasteiger partial charge is 0.375 e. The number of thiazole rings is 1. The number of hydrogen-bond donors (Lipinski definition) is 2. The van der Waals surface area contributed by atoms with Gasteiger partial charge in [-0.3, -0.25) is 9.59 Å². The van der Waals surface area contributed by atoms with Crippen LogP contribution in [0.25, 0.3) is 10.6 Å². The Morgan fingerprint density at radius 3 is 2.58 bits per heavy atom. The minimum atomic E-state index is -0.251. The van der Waals surface area contributed by atoms with Crippen LogP contribution in [0.5, 0.6) is 0 Å². The molecule has 0 bridgehead atoms. The van der Waals surface area contributed by atoms with E-state index >= 15 is 0 Å². The van der Waals surface area contributed by atoms with Crippen molar-refractivity contribution in [3.63, 3.8) is 0 Å². The lowest BCUT2D eigenvalue weighted by molar-refractivity contribution is -0.119. The monoisotopic (exact) mass is 387 g/mol. The third kappa shape index (κ3) is 4.98. The number of methoxy groups -OCH3 is 1. The molecule has 8 heteroatoms. The zero-order chi connectivity index (χ0) is 18.4. The van der Waals surface area contributed by atoms with Crippen LogP contribution in [0, 0.1) is 0 Å². The zero-order valence-corrected chi connectivity index (χ0v) is 15.7. The molecular formula is C18H17N3O3S2. The first-order valence-electron chi connectivity index (χ1n) is 7.80. The molecule has 2 aromatic heterocycles. The third-order valence-corrected chi connectivity index (χ3v) is 4.99. The predicted molar refractivity (Wildman–Crippen MR) is 105 cm³/mol. The summed E-state index contributed by atoms with van der Waals surface area (Å²) in [5, 5.41) is 12.4. The van der Waals surface area contributed by atoms with E-state index in [-0.39, 0.29) is 24.8 Å². The predicted octanol–water partition coefficient (Wildman–Crippen LogP) is 3.64. The number of thiophene rings is 1. The Kier molecular flexibility index (Phi) is 6.11. The van der Waals surface area contributed by atoms with Crippen molar-refractivity contribution < 1.29 is 14.3 Å². The van der Waals surface area contributed by atoms with Crippen molar-refractivity contribution in [1.82, 2.24) is 4.98 Å². The van der Waals surface area contributed by atoms with Crippen LogP contribution in [-0.4, -0.2) is 30.5 Å². The average molecular weight is 387 g/mol. The first kappa shape index (κ1) is 18.2. The minimum absolute atomic E-state index is 0.0210. The van der Waals surface area contributed by atoms with Crippen molar-refractivity contribution in [3.05, 3.63) is 52.2 Å². The lowest BCUT2D eigenvalue weighted by Gasteiger charge is -2.08. The molecule has 0 spiro atoms. The van der Waals surface area contributed by atoms with Crippen molar-refractivity contribution in [3.8, 4) is 10.6 Å². The number of nitrogens with one attached hydrogen (secondary N) is 2. The molecule has 6 nitrogen and oxygen atoms in total. The van der Waals surface area contributed by atoms with Crippen LogP contribution < -0.4 is 10.6 Å². The van der Waals surface area contributed by atoms with Crippen LogP contribution in [0.4, 0.5) is 11.4 Å². The number of hydrogen-bond acceptors (Lipinski definition) is 6. The number of carbonyl (C=O) groups is 2. The van der Waals surface area contributed by atoms with E-state index in [9.17, 15) is 9.59 Å². The maximum Gasteiger partial charge on any atom is 0.250 e. The fraction of sp³-hybridized carbons (Fsp3) is 0.167. The number of ether oxygens (including phenoxy) is 1. The molecule has 2 heterocycles. The van der Waals surface area contributed by atoms with Gasteiger partial charge in [0.05, 0.1) is 12.1 Å². The summed E-state index contributed by atoms with van der Waals surface area (Å²) < 4.78 is 4.78. The summed E-state index contributed by atoms with van der Waals surface area (Å²) in [6, 6.07) is 8.98. The lowest BCUT2D eigenvalue weighted by atomic mass is 10.2. The number of amides is 2. The first-order valence-corrected chi connectivity index (χ1v) is 9.62. The average Bonchev–Trinajstić information content (AvgIpc) is 3.26. The fourth-order valence-electron chi connectivity index (χ4n) is 2.28. The highest BCUT2D eigenvalue weighted by molar-refractivity contribution is 7.14. The van der Waals surface area contributed by atoms with E-state index in [0.29, 0.717) is 11.4 Å². The van der Waals surface area contributed by atoms with E-state index in [0.717, 1.165) is 16.3 Å². The Labute approximate surface area is 158 Å². The zero-order valence-electron chi connectivity index (χ0n) is 14.0. The maximum atomic E-state index is 12.3. The third-order valence-electron chi connectivity index (χ3n) is 3.37. The molecule has 134 valence electrons. The van der Waals surface area contributed by atoms with Crippen molar-refractivity contribution in [1.29, 1.82) is 0 Å². The molecule has 0 fully saturated rings. The number of rotatable bonds is 7. The van der Waals surface area contributed by atoms with Gasteiger partial charge in [-0.15, -0.1) is 11.3 Å². The Balaban J connectivity index is 1.59. The molecule has 0 saturated heterocycles. The molecule has 26 heavy (non-hydrogen) atoms. The van der Waals surface area contributed by atoms with Gasteiger partial charge in [0.25, 0.3) is 0 Å². The topological polar surface area (TPSA) is 80.3 Å². The molecule has 0 atom stereocenters. The van der Waals surface area contributed by atoms with Crippen LogP contribution in [0.3, 0.4) is 0 Å². The van der Waals surface area contributed by atoms with Gasteiger partial charge < -0.3 is 15.4 Å². The molecule has 0 aliphatic heterocycles. The molecule has 3 rings (SSSR count). The van der Waals surface area contributed by atoms with E-state index in [2.05, 4.69) is 15.6 Å². The smallest absolute Gasteiger partial charge is 0.250 e. The standard InChI is InChI=1S/C18H17N3O3S2/c1-24-9-17(23)20-14-4-2-3-13(7-14)19-16(22)8-15-11-26-18(21-15)12-5-6-25-10-12/h2-7,10-11H,8-9H2,1H3,(H,19,22)(H,20,23). The molecule has 0 aliphatic carbocycles. The number of anilines is 2. The molecule has 2 N–H and O–H groups in total. The normalized spacial score (nSPS) is 10.5. The number of nitrogens with zero attached hydrogens (tertiary/aromatic N) is 1. The summed E-state index contributed by atoms with van der Waals surface area (Å²) in [6.45, 7) is -0.0210. The van der Waals surface area contributed by atoms with Gasteiger partial charge in [-0.2, -0.15) is 11.3 Å². The van der Waals surface area contributed by atoms with E-state index < -0.39 is 0 Å². The van der Waals surface area contributed by atoms with Crippen molar-refractivity contribution in [2.75, 3.05) is 24.4 Å². The summed E-state index contributed by atoms with van der Waals surface area (Å²) >= 11 is 3.14. The molecule has 3 aromatic rings. The highest BCUT2D eigenvalue weighted by Gasteiger charge is 2.10. The highest BCUT2D eigenvalue weighted by atomic mass is 32.1. The Morgan fingerprint density at radius 1 is 1.12 bits per heavy atom. The van der Waals surface area contributed by atoms with Gasteiger partial charge in [-0.05, 0) is 29.6 Å². The van der Waals surface area contributed by atoms with Gasteiger partial charge in [0.1, 0.15) is 11.6 Å². The number of benzene rings is 1. The Bertz CT molecular complexity index is 891. The molecule has 2 amide bonds. The summed E-state index contributed by atoms with van der Waals surface area (Å²) in [7, 11) is 1.46. The fourth-order valence-corrected chi connectivity index (χ4v) is 3.81. The minimum Gasteiger partial charge on any atom is -0.375 e. The van der Waals surface area contributed by atoms with Gasteiger partial charge in [-0.1, -0.05) is 6.07 Å². The maximum absolute atomic E-state index is 12.3. The quantitative estimate of drug-likeness (QED) is 0.649. The highest BCUT2D eigenvalue weighted by Crippen LogP contribution is 2.26. The molecule has 1 aromatic carbocycles.